The van der Waals surface area contributed by atoms with E-state index in [2.05, 4.69) is 26.4 Å². The molecule has 2 nitrogen and oxygen atoms in total. The van der Waals surface area contributed by atoms with E-state index in [0.29, 0.717) is 0 Å². The Balaban J connectivity index is 2.76. The maximum atomic E-state index is 3.88. The zero-order valence-corrected chi connectivity index (χ0v) is 7.70. The quantitative estimate of drug-likeness (QED) is 0.552. The molecule has 1 aromatic rings. The van der Waals surface area contributed by atoms with E-state index in [0.717, 1.165) is 0 Å². The van der Waals surface area contributed by atoms with E-state index in [-0.39, 0.29) is 17.5 Å². The van der Waals surface area contributed by atoms with Gasteiger partial charge in [-0.25, -0.2) is 0 Å². The topological polar surface area (TPSA) is 17.8 Å². The Labute approximate surface area is 62.1 Å². The van der Waals surface area contributed by atoms with Gasteiger partial charge in [0.25, 0.3) is 0 Å². The Bertz CT molecular complexity index is 125. The molecule has 0 spiro atoms. The molecule has 0 saturated heterocycles. The molecule has 0 N–H and O–H groups in total. The van der Waals surface area contributed by atoms with Crippen molar-refractivity contribution in [2.45, 2.75) is 0 Å². The van der Waals surface area contributed by atoms with E-state index in [1.54, 1.807) is 6.20 Å². The van der Waals surface area contributed by atoms with Crippen molar-refractivity contribution in [3.8, 4) is 0 Å². The standard InChI is InChI=1S/C3H3I2N2/c4-5-7-2-1-6-3-7/h1-3H/q-1. The molecule has 1 aromatic heterocycles. The molecule has 0 bridgehead atoms. The van der Waals surface area contributed by atoms with E-state index in [1.165, 1.54) is 0 Å². The van der Waals surface area contributed by atoms with Gasteiger partial charge >= 0.3 is 62.6 Å². The van der Waals surface area contributed by atoms with Crippen LogP contribution >= 0.6 is 18.6 Å². The summed E-state index contributed by atoms with van der Waals surface area (Å²) in [7, 11) is 0. The first-order chi connectivity index (χ1) is 3.43. The average molecular weight is 321 g/mol. The third-order valence-corrected chi connectivity index (χ3v) is 4.36. The van der Waals surface area contributed by atoms with E-state index in [1.807, 2.05) is 12.5 Å². The van der Waals surface area contributed by atoms with Gasteiger partial charge in [0.15, 0.2) is 0 Å². The average Bonchev–Trinajstić information content (AvgIpc) is 2.14. The van der Waals surface area contributed by atoms with Crippen LogP contribution in [0, 0.1) is 0 Å². The zero-order valence-electron chi connectivity index (χ0n) is 3.38. The monoisotopic (exact) mass is 321 g/mol. The minimum absolute atomic E-state index is 0.171. The van der Waals surface area contributed by atoms with Crippen LogP contribution < -0.4 is 17.5 Å². The summed E-state index contributed by atoms with van der Waals surface area (Å²) in [6.07, 6.45) is 5.64. The summed E-state index contributed by atoms with van der Waals surface area (Å²) in [5.74, 6) is 0. The molecule has 0 aliphatic rings. The van der Waals surface area contributed by atoms with Gasteiger partial charge < -0.3 is 0 Å². The minimum atomic E-state index is 0.171. The Morgan fingerprint density at radius 2 is 2.57 bits per heavy atom. The summed E-state index contributed by atoms with van der Waals surface area (Å²) >= 11 is 2.55. The molecule has 0 unspecified atom stereocenters. The van der Waals surface area contributed by atoms with Gasteiger partial charge in [-0.1, -0.05) is 0 Å². The summed E-state index contributed by atoms with van der Waals surface area (Å²) in [5.41, 5.74) is 0. The maximum absolute atomic E-state index is 3.88. The van der Waals surface area contributed by atoms with Crippen molar-refractivity contribution in [1.29, 1.82) is 0 Å². The van der Waals surface area contributed by atoms with E-state index < -0.39 is 0 Å². The second-order valence-corrected chi connectivity index (χ2v) is 4.90. The first kappa shape index (κ1) is 5.80. The molecule has 0 atom stereocenters. The molecule has 0 amide bonds. The predicted octanol–water partition coefficient (Wildman–Crippen LogP) is -1.91. The molecule has 7 heavy (non-hydrogen) atoms. The summed E-state index contributed by atoms with van der Waals surface area (Å²) in [5, 5.41) is 0. The van der Waals surface area contributed by atoms with Gasteiger partial charge in [-0.15, -0.1) is 0 Å². The first-order valence-electron chi connectivity index (χ1n) is 1.68. The fraction of sp³-hybridized carbons (Fsp3) is 0. The van der Waals surface area contributed by atoms with Crippen LogP contribution in [0.25, 0.3) is 0 Å². The first-order valence-corrected chi connectivity index (χ1v) is 8.93. The van der Waals surface area contributed by atoms with Gasteiger partial charge in [-0.2, -0.15) is 0 Å². The fourth-order valence-electron chi connectivity index (χ4n) is 0.281. The third-order valence-electron chi connectivity index (χ3n) is 0.546. The Hall–Kier alpha value is 0.670. The van der Waals surface area contributed by atoms with Crippen molar-refractivity contribution < 1.29 is 17.5 Å². The third kappa shape index (κ3) is 1.56. The number of imidazole rings is 1. The van der Waals surface area contributed by atoms with Crippen LogP contribution in [0.5, 0.6) is 0 Å². The summed E-state index contributed by atoms with van der Waals surface area (Å²) < 4.78 is 2.11. The summed E-state index contributed by atoms with van der Waals surface area (Å²) in [4.78, 5) is 3.88. The SMILES string of the molecule is I[I-]n1ccnc1. The van der Waals surface area contributed by atoms with Gasteiger partial charge in [-0.05, 0) is 0 Å². The normalized spacial score (nSPS) is 9.86. The molecule has 40 valence electrons. The number of nitrogens with zero attached hydrogens (tertiary/aromatic N) is 2. The predicted molar refractivity (Wildman–Crippen MR) is 31.6 cm³/mol. The van der Waals surface area contributed by atoms with Crippen LogP contribution in [0.15, 0.2) is 18.7 Å². The molecule has 0 aliphatic carbocycles. The van der Waals surface area contributed by atoms with Gasteiger partial charge in [0.1, 0.15) is 0 Å². The number of halogens is 2. The Morgan fingerprint density at radius 1 is 1.71 bits per heavy atom. The number of hydrogen-bond acceptors (Lipinski definition) is 1. The summed E-state index contributed by atoms with van der Waals surface area (Å²) in [6, 6.07) is 0. The molecule has 0 radical (unpaired) electrons. The van der Waals surface area contributed by atoms with Crippen LogP contribution in [0.4, 0.5) is 0 Å². The van der Waals surface area contributed by atoms with Crippen LogP contribution in [0.2, 0.25) is 0 Å². The second kappa shape index (κ2) is 2.85. The molecule has 1 rings (SSSR count). The van der Waals surface area contributed by atoms with Gasteiger partial charge in [-0.3, -0.25) is 0 Å². The summed E-state index contributed by atoms with van der Waals surface area (Å²) in [6.45, 7) is 0. The number of aromatic nitrogens is 2. The molecule has 1 heterocycles. The van der Waals surface area contributed by atoms with E-state index >= 15 is 0 Å². The molecule has 0 aromatic carbocycles. The fourth-order valence-corrected chi connectivity index (χ4v) is 2.23. The Kier molecular flexibility index (Phi) is 2.36. The molecule has 0 aliphatic heterocycles. The van der Waals surface area contributed by atoms with Gasteiger partial charge in [0.05, 0.1) is 0 Å². The van der Waals surface area contributed by atoms with E-state index in [4.69, 9.17) is 0 Å². The van der Waals surface area contributed by atoms with Crippen molar-refractivity contribution in [2.24, 2.45) is 0 Å². The van der Waals surface area contributed by atoms with Crippen molar-refractivity contribution >= 4 is 18.6 Å². The zero-order chi connectivity index (χ0) is 5.11. The molecular weight excluding hydrogens is 318 g/mol. The van der Waals surface area contributed by atoms with Gasteiger partial charge in [0.2, 0.25) is 0 Å². The van der Waals surface area contributed by atoms with Crippen LogP contribution in [-0.4, -0.2) is 7.76 Å². The van der Waals surface area contributed by atoms with Crippen molar-refractivity contribution in [3.05, 3.63) is 18.7 Å². The van der Waals surface area contributed by atoms with Gasteiger partial charge in [0, 0.05) is 0 Å². The molecule has 0 saturated carbocycles. The van der Waals surface area contributed by atoms with E-state index in [9.17, 15) is 0 Å². The van der Waals surface area contributed by atoms with Crippen LogP contribution in [0.3, 0.4) is 0 Å². The number of hydrogen-bond donors (Lipinski definition) is 0. The van der Waals surface area contributed by atoms with Crippen molar-refractivity contribution in [1.82, 2.24) is 7.76 Å². The number of rotatable bonds is 1. The Morgan fingerprint density at radius 3 is 2.86 bits per heavy atom. The van der Waals surface area contributed by atoms with Crippen molar-refractivity contribution in [3.63, 3.8) is 0 Å². The molecule has 0 fully saturated rings. The van der Waals surface area contributed by atoms with Crippen molar-refractivity contribution in [2.75, 3.05) is 0 Å². The second-order valence-electron chi connectivity index (χ2n) is 0.971. The molecular formula is C3H3I2N2-. The van der Waals surface area contributed by atoms with Crippen LogP contribution in [0.1, 0.15) is 0 Å². The van der Waals surface area contributed by atoms with Crippen LogP contribution in [-0.2, 0) is 0 Å². The molecule has 4 heteroatoms.